The molecule has 1 aliphatic rings. The SMILES string of the molecule is CC1(C)C=C(SC[Si](C)(C)C)n2cccc2CC1. The molecule has 2 heterocycles. The molecule has 0 amide bonds. The van der Waals surface area contributed by atoms with Gasteiger partial charge >= 0.3 is 0 Å². The summed E-state index contributed by atoms with van der Waals surface area (Å²) < 4.78 is 2.40. The molecule has 0 fully saturated rings. The highest BCUT2D eigenvalue weighted by Gasteiger charge is 2.23. The first kappa shape index (κ1) is 14.0. The smallest absolute Gasteiger partial charge is 0.0752 e. The number of nitrogens with zero attached hydrogens (tertiary/aromatic N) is 1. The average Bonchev–Trinajstić information content (AvgIpc) is 2.64. The van der Waals surface area contributed by atoms with E-state index in [1.165, 1.54) is 28.9 Å². The van der Waals surface area contributed by atoms with Crippen molar-refractivity contribution >= 4 is 24.9 Å². The van der Waals surface area contributed by atoms with E-state index in [2.05, 4.69) is 74.2 Å². The number of rotatable bonds is 3. The van der Waals surface area contributed by atoms with Crippen LogP contribution in [0.25, 0.3) is 5.03 Å². The zero-order chi connectivity index (χ0) is 13.4. The van der Waals surface area contributed by atoms with Crippen molar-refractivity contribution in [1.29, 1.82) is 0 Å². The van der Waals surface area contributed by atoms with Crippen LogP contribution < -0.4 is 0 Å². The minimum absolute atomic E-state index is 0.320. The monoisotopic (exact) mass is 279 g/mol. The lowest BCUT2D eigenvalue weighted by Gasteiger charge is -2.21. The Morgan fingerprint density at radius 1 is 1.33 bits per heavy atom. The zero-order valence-electron chi connectivity index (χ0n) is 12.3. The van der Waals surface area contributed by atoms with Gasteiger partial charge in [0.15, 0.2) is 0 Å². The number of aromatic nitrogens is 1. The molecule has 0 N–H and O–H groups in total. The van der Waals surface area contributed by atoms with Crippen molar-refractivity contribution in [1.82, 2.24) is 4.57 Å². The molecule has 0 bridgehead atoms. The Morgan fingerprint density at radius 3 is 2.72 bits per heavy atom. The molecule has 0 unspecified atom stereocenters. The summed E-state index contributed by atoms with van der Waals surface area (Å²) in [6.45, 7) is 12.0. The number of hydrogen-bond donors (Lipinski definition) is 0. The van der Waals surface area contributed by atoms with Gasteiger partial charge in [0.2, 0.25) is 0 Å². The molecular weight excluding hydrogens is 254 g/mol. The first-order chi connectivity index (χ1) is 8.27. The molecule has 1 aromatic heterocycles. The van der Waals surface area contributed by atoms with Crippen LogP contribution in [0.15, 0.2) is 24.4 Å². The predicted molar refractivity (Wildman–Crippen MR) is 86.6 cm³/mol. The lowest BCUT2D eigenvalue weighted by Crippen LogP contribution is -2.24. The van der Waals surface area contributed by atoms with E-state index in [9.17, 15) is 0 Å². The van der Waals surface area contributed by atoms with Gasteiger partial charge in [-0.2, -0.15) is 0 Å². The van der Waals surface area contributed by atoms with Crippen molar-refractivity contribution in [2.24, 2.45) is 5.41 Å². The van der Waals surface area contributed by atoms with Gasteiger partial charge in [0.1, 0.15) is 0 Å². The Hall–Kier alpha value is -0.413. The fourth-order valence-electron chi connectivity index (χ4n) is 2.16. The number of fused-ring (bicyclic) bond motifs is 1. The molecule has 18 heavy (non-hydrogen) atoms. The molecule has 0 aliphatic carbocycles. The van der Waals surface area contributed by atoms with Gasteiger partial charge in [-0.15, -0.1) is 11.8 Å². The number of allylic oxidation sites excluding steroid dienone is 1. The van der Waals surface area contributed by atoms with Gasteiger partial charge in [0, 0.05) is 11.9 Å². The van der Waals surface area contributed by atoms with Crippen molar-refractivity contribution in [3.8, 4) is 0 Å². The highest BCUT2D eigenvalue weighted by atomic mass is 32.2. The van der Waals surface area contributed by atoms with Gasteiger partial charge in [-0.3, -0.25) is 0 Å². The van der Waals surface area contributed by atoms with Crippen molar-refractivity contribution in [3.05, 3.63) is 30.1 Å². The van der Waals surface area contributed by atoms with Gasteiger partial charge in [-0.25, -0.2) is 0 Å². The number of thioether (sulfide) groups is 1. The van der Waals surface area contributed by atoms with E-state index < -0.39 is 8.07 Å². The molecule has 3 heteroatoms. The molecule has 1 aromatic rings. The maximum absolute atomic E-state index is 2.48. The highest BCUT2D eigenvalue weighted by molar-refractivity contribution is 8.09. The first-order valence-corrected chi connectivity index (χ1v) is 11.5. The lowest BCUT2D eigenvalue weighted by atomic mass is 9.88. The molecule has 0 atom stereocenters. The summed E-state index contributed by atoms with van der Waals surface area (Å²) in [5.41, 5.74) is 1.79. The standard InChI is InChI=1S/C15H25NSSi/c1-15(2)9-8-13-7-6-10-16(13)14(11-15)17-12-18(3,4)5/h6-7,10-11H,8-9,12H2,1-5H3. The molecule has 0 aromatic carbocycles. The average molecular weight is 280 g/mol. The zero-order valence-corrected chi connectivity index (χ0v) is 14.1. The Balaban J connectivity index is 2.26. The summed E-state index contributed by atoms with van der Waals surface area (Å²) in [4.78, 5) is 0. The van der Waals surface area contributed by atoms with Crippen molar-refractivity contribution in [3.63, 3.8) is 0 Å². The maximum Gasteiger partial charge on any atom is 0.0752 e. The van der Waals surface area contributed by atoms with Crippen LogP contribution in [0.5, 0.6) is 0 Å². The fourth-order valence-corrected chi connectivity index (χ4v) is 5.21. The Bertz CT molecular complexity index is 451. The summed E-state index contributed by atoms with van der Waals surface area (Å²) in [6.07, 6.45) is 7.13. The third-order valence-corrected chi connectivity index (χ3v) is 7.92. The van der Waals surface area contributed by atoms with Gasteiger partial charge in [0.25, 0.3) is 0 Å². The van der Waals surface area contributed by atoms with Gasteiger partial charge in [0.05, 0.1) is 13.1 Å². The van der Waals surface area contributed by atoms with Crippen molar-refractivity contribution in [2.75, 3.05) is 5.38 Å². The van der Waals surface area contributed by atoms with Crippen LogP contribution in [0.1, 0.15) is 26.0 Å². The van der Waals surface area contributed by atoms with Crippen LogP contribution in [0.3, 0.4) is 0 Å². The van der Waals surface area contributed by atoms with E-state index in [1.807, 2.05) is 0 Å². The molecule has 0 spiro atoms. The van der Waals surface area contributed by atoms with Crippen LogP contribution in [-0.2, 0) is 6.42 Å². The Kier molecular flexibility index (Phi) is 3.84. The number of hydrogen-bond acceptors (Lipinski definition) is 1. The molecule has 1 nitrogen and oxygen atoms in total. The molecule has 0 saturated carbocycles. The van der Waals surface area contributed by atoms with E-state index >= 15 is 0 Å². The molecule has 2 rings (SSSR count). The summed E-state index contributed by atoms with van der Waals surface area (Å²) >= 11 is 2.05. The maximum atomic E-state index is 2.48. The van der Waals surface area contributed by atoms with E-state index in [0.717, 1.165) is 0 Å². The van der Waals surface area contributed by atoms with Crippen LogP contribution in [-0.4, -0.2) is 18.0 Å². The van der Waals surface area contributed by atoms with Crippen LogP contribution in [0.4, 0.5) is 0 Å². The largest absolute Gasteiger partial charge is 0.316 e. The first-order valence-electron chi connectivity index (χ1n) is 6.79. The quantitative estimate of drug-likeness (QED) is 0.715. The predicted octanol–water partition coefficient (Wildman–Crippen LogP) is 4.87. The third-order valence-electron chi connectivity index (χ3n) is 3.26. The molecular formula is C15H25NSSi. The minimum Gasteiger partial charge on any atom is -0.316 e. The van der Waals surface area contributed by atoms with E-state index in [1.54, 1.807) is 0 Å². The minimum atomic E-state index is -0.996. The van der Waals surface area contributed by atoms with Crippen molar-refractivity contribution < 1.29 is 0 Å². The van der Waals surface area contributed by atoms with Crippen LogP contribution >= 0.6 is 11.8 Å². The second-order valence-corrected chi connectivity index (χ2v) is 14.2. The summed E-state index contributed by atoms with van der Waals surface area (Å²) in [7, 11) is -0.996. The Morgan fingerprint density at radius 2 is 2.06 bits per heavy atom. The van der Waals surface area contributed by atoms with E-state index in [4.69, 9.17) is 0 Å². The second kappa shape index (κ2) is 4.93. The van der Waals surface area contributed by atoms with Crippen molar-refractivity contribution in [2.45, 2.75) is 46.3 Å². The normalized spacial score (nSPS) is 19.1. The highest BCUT2D eigenvalue weighted by Crippen LogP contribution is 2.37. The number of aryl methyl sites for hydroxylation is 1. The van der Waals surface area contributed by atoms with Crippen LogP contribution in [0.2, 0.25) is 19.6 Å². The lowest BCUT2D eigenvalue weighted by molar-refractivity contribution is 0.442. The summed E-state index contributed by atoms with van der Waals surface area (Å²) in [5.74, 6) is 0. The van der Waals surface area contributed by atoms with E-state index in [-0.39, 0.29) is 0 Å². The Labute approximate surface area is 117 Å². The van der Waals surface area contributed by atoms with Crippen LogP contribution in [0, 0.1) is 5.41 Å². The molecule has 100 valence electrons. The third kappa shape index (κ3) is 3.54. The summed E-state index contributed by atoms with van der Waals surface area (Å²) in [6, 6.07) is 4.45. The molecule has 1 aliphatic heterocycles. The topological polar surface area (TPSA) is 4.93 Å². The molecule has 0 radical (unpaired) electrons. The second-order valence-electron chi connectivity index (χ2n) is 7.19. The fraction of sp³-hybridized carbons (Fsp3) is 0.600. The molecule has 0 saturated heterocycles. The van der Waals surface area contributed by atoms with Gasteiger partial charge < -0.3 is 4.57 Å². The van der Waals surface area contributed by atoms with Gasteiger partial charge in [-0.05, 0) is 41.8 Å². The summed E-state index contributed by atoms with van der Waals surface area (Å²) in [5, 5.41) is 2.74. The van der Waals surface area contributed by atoms with Gasteiger partial charge in [-0.1, -0.05) is 33.5 Å². The van der Waals surface area contributed by atoms with E-state index in [0.29, 0.717) is 5.41 Å².